The Bertz CT molecular complexity index is 629. The monoisotopic (exact) mass is 350 g/mol. The van der Waals surface area contributed by atoms with E-state index in [0.29, 0.717) is 23.0 Å². The second kappa shape index (κ2) is 7.43. The minimum atomic E-state index is -0.0829. The Labute approximate surface area is 147 Å². The number of carbonyl (C=O) groups is 2. The van der Waals surface area contributed by atoms with Crippen molar-refractivity contribution in [2.75, 3.05) is 24.5 Å². The van der Waals surface area contributed by atoms with Gasteiger partial charge in [-0.05, 0) is 44.4 Å². The minimum absolute atomic E-state index is 0.0565. The molecule has 0 bridgehead atoms. The normalized spacial score (nSPS) is 20.3. The molecule has 24 heavy (non-hydrogen) atoms. The maximum atomic E-state index is 12.7. The fraction of sp³-hybridized carbons (Fsp3) is 0.556. The van der Waals surface area contributed by atoms with Crippen LogP contribution in [0.5, 0.6) is 5.75 Å². The number of fused-ring (bicyclic) bond motifs is 1. The van der Waals surface area contributed by atoms with Crippen molar-refractivity contribution in [1.29, 1.82) is 0 Å². The van der Waals surface area contributed by atoms with Gasteiger partial charge in [-0.15, -0.1) is 0 Å². The quantitative estimate of drug-likeness (QED) is 0.840. The van der Waals surface area contributed by atoms with Gasteiger partial charge in [-0.1, -0.05) is 11.6 Å². The molecule has 0 saturated carbocycles. The smallest absolute Gasteiger partial charge is 0.227 e. The number of rotatable bonds is 3. The van der Waals surface area contributed by atoms with E-state index >= 15 is 0 Å². The largest absolute Gasteiger partial charge is 0.487 e. The number of nitrogens with zero attached hydrogens (tertiary/aromatic N) is 2. The van der Waals surface area contributed by atoms with Gasteiger partial charge in [0.2, 0.25) is 11.8 Å². The van der Waals surface area contributed by atoms with Crippen LogP contribution >= 0.6 is 11.6 Å². The fourth-order valence-corrected chi connectivity index (χ4v) is 3.46. The lowest BCUT2D eigenvalue weighted by atomic mass is 10.1. The molecule has 3 rings (SSSR count). The first-order valence-electron chi connectivity index (χ1n) is 8.59. The Balaban J connectivity index is 1.64. The zero-order chi connectivity index (χ0) is 17.1. The van der Waals surface area contributed by atoms with Crippen LogP contribution in [0.25, 0.3) is 0 Å². The maximum absolute atomic E-state index is 12.7. The second-order valence-electron chi connectivity index (χ2n) is 6.49. The number of ether oxygens (including phenoxy) is 1. The van der Waals surface area contributed by atoms with Crippen molar-refractivity contribution < 1.29 is 14.3 Å². The van der Waals surface area contributed by atoms with Gasteiger partial charge < -0.3 is 14.5 Å². The summed E-state index contributed by atoms with van der Waals surface area (Å²) in [6, 6.07) is 5.28. The zero-order valence-corrected chi connectivity index (χ0v) is 14.7. The summed E-state index contributed by atoms with van der Waals surface area (Å²) in [6.07, 6.45) is 3.71. The predicted octanol–water partition coefficient (Wildman–Crippen LogP) is 3.25. The van der Waals surface area contributed by atoms with Crippen LogP contribution in [0.1, 0.15) is 39.0 Å². The van der Waals surface area contributed by atoms with E-state index in [0.717, 1.165) is 25.9 Å². The van der Waals surface area contributed by atoms with Gasteiger partial charge in [0.15, 0.2) is 0 Å². The number of amides is 2. The van der Waals surface area contributed by atoms with Gasteiger partial charge in [0.25, 0.3) is 0 Å². The molecule has 6 heteroatoms. The first-order valence-corrected chi connectivity index (χ1v) is 8.97. The average molecular weight is 351 g/mol. The SMILES string of the molecule is C[C@H]1CN(C(=O)CCC(=O)N2CCCCC2)c2cc(Cl)ccc2O1. The lowest BCUT2D eigenvalue weighted by Gasteiger charge is -2.34. The van der Waals surface area contributed by atoms with Gasteiger partial charge in [0, 0.05) is 31.0 Å². The highest BCUT2D eigenvalue weighted by Crippen LogP contribution is 2.36. The molecule has 0 N–H and O–H groups in total. The molecule has 1 saturated heterocycles. The fourth-order valence-electron chi connectivity index (χ4n) is 3.30. The van der Waals surface area contributed by atoms with Crippen LogP contribution in [0.2, 0.25) is 5.02 Å². The lowest BCUT2D eigenvalue weighted by Crippen LogP contribution is -2.43. The molecule has 5 nitrogen and oxygen atoms in total. The summed E-state index contributed by atoms with van der Waals surface area (Å²) in [5.74, 6) is 0.684. The number of benzene rings is 1. The highest BCUT2D eigenvalue weighted by atomic mass is 35.5. The van der Waals surface area contributed by atoms with Gasteiger partial charge >= 0.3 is 0 Å². The molecule has 1 aromatic carbocycles. The molecule has 0 aliphatic carbocycles. The van der Waals surface area contributed by atoms with Crippen molar-refractivity contribution in [2.45, 2.75) is 45.1 Å². The average Bonchev–Trinajstić information content (AvgIpc) is 2.59. The molecular formula is C18H23ClN2O3. The Morgan fingerprint density at radius 1 is 1.17 bits per heavy atom. The van der Waals surface area contributed by atoms with Gasteiger partial charge in [-0.25, -0.2) is 0 Å². The third-order valence-corrected chi connectivity index (χ3v) is 4.78. The minimum Gasteiger partial charge on any atom is -0.487 e. The summed E-state index contributed by atoms with van der Waals surface area (Å²) in [6.45, 7) is 4.04. The van der Waals surface area contributed by atoms with E-state index in [9.17, 15) is 9.59 Å². The third-order valence-electron chi connectivity index (χ3n) is 4.54. The summed E-state index contributed by atoms with van der Waals surface area (Å²) in [5, 5.41) is 0.564. The number of hydrogen-bond acceptors (Lipinski definition) is 3. The third kappa shape index (κ3) is 3.83. The Morgan fingerprint density at radius 3 is 2.62 bits per heavy atom. The lowest BCUT2D eigenvalue weighted by molar-refractivity contribution is -0.134. The van der Waals surface area contributed by atoms with Crippen LogP contribution in [-0.4, -0.2) is 42.5 Å². The summed E-state index contributed by atoms with van der Waals surface area (Å²) in [5.41, 5.74) is 0.691. The molecule has 2 aliphatic heterocycles. The van der Waals surface area contributed by atoms with Gasteiger partial charge in [0.05, 0.1) is 12.2 Å². The first-order chi connectivity index (χ1) is 11.5. The molecule has 2 amide bonds. The van der Waals surface area contributed by atoms with E-state index in [1.54, 1.807) is 23.1 Å². The number of anilines is 1. The number of halogens is 1. The van der Waals surface area contributed by atoms with E-state index in [-0.39, 0.29) is 30.8 Å². The van der Waals surface area contributed by atoms with Crippen LogP contribution in [0.3, 0.4) is 0 Å². The molecule has 1 atom stereocenters. The van der Waals surface area contributed by atoms with E-state index < -0.39 is 0 Å². The number of carbonyl (C=O) groups excluding carboxylic acids is 2. The molecule has 2 heterocycles. The van der Waals surface area contributed by atoms with E-state index in [4.69, 9.17) is 16.3 Å². The van der Waals surface area contributed by atoms with E-state index in [2.05, 4.69) is 0 Å². The van der Waals surface area contributed by atoms with Gasteiger partial charge in [-0.3, -0.25) is 9.59 Å². The molecule has 2 aliphatic rings. The highest BCUT2D eigenvalue weighted by Gasteiger charge is 2.28. The van der Waals surface area contributed by atoms with E-state index in [1.165, 1.54) is 6.42 Å². The second-order valence-corrected chi connectivity index (χ2v) is 6.92. The number of likely N-dealkylation sites (tertiary alicyclic amines) is 1. The van der Waals surface area contributed by atoms with Gasteiger partial charge in [-0.2, -0.15) is 0 Å². The molecular weight excluding hydrogens is 328 g/mol. The van der Waals surface area contributed by atoms with E-state index in [1.807, 2.05) is 11.8 Å². The van der Waals surface area contributed by atoms with Crippen molar-refractivity contribution in [3.8, 4) is 5.75 Å². The number of hydrogen-bond donors (Lipinski definition) is 0. The van der Waals surface area contributed by atoms with Crippen molar-refractivity contribution in [3.05, 3.63) is 23.2 Å². The molecule has 0 aromatic heterocycles. The molecule has 130 valence electrons. The summed E-state index contributed by atoms with van der Waals surface area (Å²) < 4.78 is 5.76. The molecule has 0 spiro atoms. The Morgan fingerprint density at radius 2 is 1.88 bits per heavy atom. The van der Waals surface area contributed by atoms with Crippen LogP contribution in [0, 0.1) is 0 Å². The van der Waals surface area contributed by atoms with Crippen LogP contribution in [0.15, 0.2) is 18.2 Å². The Hall–Kier alpha value is -1.75. The standard InChI is InChI=1S/C18H23ClN2O3/c1-13-12-21(15-11-14(19)5-6-16(15)24-13)18(23)8-7-17(22)20-9-3-2-4-10-20/h5-6,11,13H,2-4,7-10,12H2,1H3/t13-/m0/s1. The van der Waals surface area contributed by atoms with Crippen LogP contribution < -0.4 is 9.64 Å². The van der Waals surface area contributed by atoms with Gasteiger partial charge in [0.1, 0.15) is 11.9 Å². The zero-order valence-electron chi connectivity index (χ0n) is 14.0. The topological polar surface area (TPSA) is 49.9 Å². The summed E-state index contributed by atoms with van der Waals surface area (Å²) in [4.78, 5) is 28.5. The Kier molecular flexibility index (Phi) is 5.29. The summed E-state index contributed by atoms with van der Waals surface area (Å²) in [7, 11) is 0. The molecule has 0 unspecified atom stereocenters. The first kappa shape index (κ1) is 17.1. The van der Waals surface area contributed by atoms with Crippen LogP contribution in [0.4, 0.5) is 5.69 Å². The maximum Gasteiger partial charge on any atom is 0.227 e. The molecule has 1 aromatic rings. The van der Waals surface area contributed by atoms with Crippen molar-refractivity contribution in [3.63, 3.8) is 0 Å². The predicted molar refractivity (Wildman–Crippen MR) is 93.6 cm³/mol. The van der Waals surface area contributed by atoms with Crippen molar-refractivity contribution >= 4 is 29.1 Å². The van der Waals surface area contributed by atoms with Crippen molar-refractivity contribution in [2.24, 2.45) is 0 Å². The van der Waals surface area contributed by atoms with Crippen molar-refractivity contribution in [1.82, 2.24) is 4.90 Å². The summed E-state index contributed by atoms with van der Waals surface area (Å²) >= 11 is 6.06. The molecule has 1 fully saturated rings. The molecule has 0 radical (unpaired) electrons. The number of piperidine rings is 1. The van der Waals surface area contributed by atoms with Crippen LogP contribution in [-0.2, 0) is 9.59 Å². The highest BCUT2D eigenvalue weighted by molar-refractivity contribution is 6.31.